The van der Waals surface area contributed by atoms with Crippen molar-refractivity contribution in [3.05, 3.63) is 35.7 Å². The zero-order valence-electron chi connectivity index (χ0n) is 13.5. The van der Waals surface area contributed by atoms with Crippen molar-refractivity contribution in [1.82, 2.24) is 25.1 Å². The molecule has 1 aliphatic heterocycles. The lowest BCUT2D eigenvalue weighted by atomic mass is 10.0. The van der Waals surface area contributed by atoms with Gasteiger partial charge in [-0.1, -0.05) is 0 Å². The number of aryl methyl sites for hydroxylation is 1. The molecule has 0 N–H and O–H groups in total. The number of rotatable bonds is 4. The Hall–Kier alpha value is -2.44. The second-order valence-corrected chi connectivity index (χ2v) is 5.88. The highest BCUT2D eigenvalue weighted by atomic mass is 16.5. The minimum absolute atomic E-state index is 0.0984. The Morgan fingerprint density at radius 1 is 1.30 bits per heavy atom. The molecule has 0 radical (unpaired) electrons. The predicted octanol–water partition coefficient (Wildman–Crippen LogP) is 1.80. The summed E-state index contributed by atoms with van der Waals surface area (Å²) in [7, 11) is 1.76. The van der Waals surface area contributed by atoms with E-state index in [0.29, 0.717) is 29.8 Å². The summed E-state index contributed by atoms with van der Waals surface area (Å²) in [6.07, 6.45) is 3.37. The zero-order valence-corrected chi connectivity index (χ0v) is 13.5. The van der Waals surface area contributed by atoms with E-state index < -0.39 is 0 Å². The number of hydrogen-bond acceptors (Lipinski definition) is 5. The number of likely N-dealkylation sites (tertiary alicyclic amines) is 1. The summed E-state index contributed by atoms with van der Waals surface area (Å²) in [5.41, 5.74) is 0.700. The van der Waals surface area contributed by atoms with E-state index in [1.165, 1.54) is 6.42 Å². The fourth-order valence-corrected chi connectivity index (χ4v) is 2.78. The van der Waals surface area contributed by atoms with E-state index in [2.05, 4.69) is 22.4 Å². The summed E-state index contributed by atoms with van der Waals surface area (Å²) in [4.78, 5) is 14.5. The van der Waals surface area contributed by atoms with Gasteiger partial charge in [0.05, 0.1) is 0 Å². The number of piperidine rings is 1. The first-order valence-corrected chi connectivity index (χ1v) is 7.90. The molecule has 1 aromatic heterocycles. The molecule has 122 valence electrons. The summed E-state index contributed by atoms with van der Waals surface area (Å²) in [6, 6.07) is 7.56. The third-order valence-corrected chi connectivity index (χ3v) is 4.24. The van der Waals surface area contributed by atoms with E-state index in [1.54, 1.807) is 11.7 Å². The van der Waals surface area contributed by atoms with Crippen LogP contribution in [0.2, 0.25) is 0 Å². The van der Waals surface area contributed by atoms with Crippen LogP contribution in [0, 0.1) is 0 Å². The first-order valence-electron chi connectivity index (χ1n) is 7.90. The van der Waals surface area contributed by atoms with Gasteiger partial charge in [0.25, 0.3) is 5.91 Å². The molecule has 0 aliphatic carbocycles. The summed E-state index contributed by atoms with van der Waals surface area (Å²) in [6.45, 7) is 3.25. The maximum atomic E-state index is 12.6. The average Bonchev–Trinajstić information content (AvgIpc) is 2.98. The zero-order chi connectivity index (χ0) is 16.2. The van der Waals surface area contributed by atoms with Gasteiger partial charge < -0.3 is 9.64 Å². The Balaban J connectivity index is 1.62. The Morgan fingerprint density at radius 2 is 2.09 bits per heavy atom. The number of nitrogens with zero attached hydrogens (tertiary/aromatic N) is 5. The molecular weight excluding hydrogens is 294 g/mol. The van der Waals surface area contributed by atoms with Crippen molar-refractivity contribution in [3.63, 3.8) is 0 Å². The van der Waals surface area contributed by atoms with E-state index >= 15 is 0 Å². The molecule has 1 amide bonds. The molecule has 1 saturated heterocycles. The monoisotopic (exact) mass is 315 g/mol. The lowest BCUT2D eigenvalue weighted by Crippen LogP contribution is -2.41. The molecule has 2 heterocycles. The largest absolute Gasteiger partial charge is 0.486 e. The van der Waals surface area contributed by atoms with Crippen LogP contribution in [0.3, 0.4) is 0 Å². The second-order valence-electron chi connectivity index (χ2n) is 5.88. The molecule has 1 aromatic carbocycles. The molecule has 1 aliphatic rings. The number of ether oxygens (including phenoxy) is 1. The number of aromatic nitrogens is 4. The van der Waals surface area contributed by atoms with Crippen LogP contribution in [0.4, 0.5) is 0 Å². The molecule has 0 saturated carbocycles. The lowest BCUT2D eigenvalue weighted by molar-refractivity contribution is 0.0635. The van der Waals surface area contributed by atoms with E-state index in [0.717, 1.165) is 19.4 Å². The number of tetrazole rings is 1. The van der Waals surface area contributed by atoms with Crippen molar-refractivity contribution < 1.29 is 9.53 Å². The van der Waals surface area contributed by atoms with Crippen LogP contribution in [0.1, 0.15) is 42.4 Å². The summed E-state index contributed by atoms with van der Waals surface area (Å²) in [5.74, 6) is 1.43. The number of benzene rings is 1. The maximum absolute atomic E-state index is 12.6. The predicted molar refractivity (Wildman–Crippen MR) is 83.9 cm³/mol. The van der Waals surface area contributed by atoms with Crippen molar-refractivity contribution in [2.24, 2.45) is 7.05 Å². The van der Waals surface area contributed by atoms with E-state index in [4.69, 9.17) is 4.74 Å². The summed E-state index contributed by atoms with van der Waals surface area (Å²) < 4.78 is 7.21. The fourth-order valence-electron chi connectivity index (χ4n) is 2.78. The van der Waals surface area contributed by atoms with Crippen LogP contribution in [0.5, 0.6) is 5.75 Å². The fraction of sp³-hybridized carbons (Fsp3) is 0.500. The average molecular weight is 315 g/mol. The molecule has 0 bridgehead atoms. The van der Waals surface area contributed by atoms with Crippen molar-refractivity contribution in [3.8, 4) is 5.75 Å². The third kappa shape index (κ3) is 3.49. The Bertz CT molecular complexity index is 667. The molecule has 7 heteroatoms. The van der Waals surface area contributed by atoms with Gasteiger partial charge in [0.2, 0.25) is 0 Å². The maximum Gasteiger partial charge on any atom is 0.254 e. The van der Waals surface area contributed by atoms with Gasteiger partial charge in [-0.25, -0.2) is 4.68 Å². The molecule has 7 nitrogen and oxygen atoms in total. The lowest BCUT2D eigenvalue weighted by Gasteiger charge is -2.33. The minimum Gasteiger partial charge on any atom is -0.486 e. The van der Waals surface area contributed by atoms with Gasteiger partial charge in [-0.3, -0.25) is 4.79 Å². The highest BCUT2D eigenvalue weighted by Gasteiger charge is 2.24. The molecule has 0 spiro atoms. The molecular formula is C16H21N5O2. The van der Waals surface area contributed by atoms with Crippen molar-refractivity contribution in [1.29, 1.82) is 0 Å². The van der Waals surface area contributed by atoms with E-state index in [9.17, 15) is 4.79 Å². The number of carbonyl (C=O) groups excluding carboxylic acids is 1. The molecule has 3 rings (SSSR count). The second kappa shape index (κ2) is 6.76. The van der Waals surface area contributed by atoms with Gasteiger partial charge >= 0.3 is 0 Å². The van der Waals surface area contributed by atoms with Gasteiger partial charge in [-0.05, 0) is 60.9 Å². The van der Waals surface area contributed by atoms with Crippen LogP contribution in [-0.2, 0) is 13.7 Å². The van der Waals surface area contributed by atoms with Gasteiger partial charge in [0, 0.05) is 25.2 Å². The topological polar surface area (TPSA) is 73.1 Å². The van der Waals surface area contributed by atoms with Crippen LogP contribution in [0.25, 0.3) is 0 Å². The normalized spacial score (nSPS) is 18.0. The number of hydrogen-bond donors (Lipinski definition) is 0. The quantitative estimate of drug-likeness (QED) is 0.860. The van der Waals surface area contributed by atoms with Crippen LogP contribution in [-0.4, -0.2) is 43.6 Å². The number of amides is 1. The van der Waals surface area contributed by atoms with Crippen LogP contribution >= 0.6 is 0 Å². The van der Waals surface area contributed by atoms with Crippen molar-refractivity contribution in [2.45, 2.75) is 38.8 Å². The highest BCUT2D eigenvalue weighted by molar-refractivity contribution is 5.94. The smallest absolute Gasteiger partial charge is 0.254 e. The Kier molecular flexibility index (Phi) is 4.55. The third-order valence-electron chi connectivity index (χ3n) is 4.24. The van der Waals surface area contributed by atoms with Crippen LogP contribution < -0.4 is 4.74 Å². The Labute approximate surface area is 135 Å². The molecule has 1 unspecified atom stereocenters. The first kappa shape index (κ1) is 15.5. The number of carbonyl (C=O) groups is 1. The Morgan fingerprint density at radius 3 is 2.74 bits per heavy atom. The van der Waals surface area contributed by atoms with E-state index in [1.807, 2.05) is 29.2 Å². The van der Waals surface area contributed by atoms with Crippen LogP contribution in [0.15, 0.2) is 24.3 Å². The summed E-state index contributed by atoms with van der Waals surface area (Å²) in [5, 5.41) is 11.2. The molecule has 23 heavy (non-hydrogen) atoms. The minimum atomic E-state index is 0.0984. The standard InChI is InChI=1S/C16H21N5O2/c1-12-5-3-4-10-21(12)16(22)13-6-8-14(9-7-13)23-11-15-17-18-19-20(15)2/h6-9,12H,3-5,10-11H2,1-2H3. The van der Waals surface area contributed by atoms with E-state index in [-0.39, 0.29) is 5.91 Å². The highest BCUT2D eigenvalue weighted by Crippen LogP contribution is 2.20. The first-order chi connectivity index (χ1) is 11.1. The SMILES string of the molecule is CC1CCCCN1C(=O)c1ccc(OCc2nnnn2C)cc1. The molecule has 1 fully saturated rings. The van der Waals surface area contributed by atoms with Crippen molar-refractivity contribution in [2.75, 3.05) is 6.54 Å². The van der Waals surface area contributed by atoms with Gasteiger partial charge in [-0.15, -0.1) is 5.10 Å². The van der Waals surface area contributed by atoms with Gasteiger partial charge in [0.15, 0.2) is 5.82 Å². The molecule has 1 atom stereocenters. The van der Waals surface area contributed by atoms with Gasteiger partial charge in [-0.2, -0.15) is 0 Å². The van der Waals surface area contributed by atoms with Crippen molar-refractivity contribution >= 4 is 5.91 Å². The summed E-state index contributed by atoms with van der Waals surface area (Å²) >= 11 is 0. The van der Waals surface area contributed by atoms with Gasteiger partial charge in [0.1, 0.15) is 12.4 Å². The molecule has 2 aromatic rings.